The zero-order valence-corrected chi connectivity index (χ0v) is 14.1. The molecular weight excluding hydrogens is 322 g/mol. The van der Waals surface area contributed by atoms with E-state index in [0.29, 0.717) is 12.4 Å². The molecule has 8 heteroatoms. The monoisotopic (exact) mass is 343 g/mol. The summed E-state index contributed by atoms with van der Waals surface area (Å²) in [5, 5.41) is 6.73. The molecule has 1 unspecified atom stereocenters. The van der Waals surface area contributed by atoms with Crippen LogP contribution in [0.5, 0.6) is 5.75 Å². The number of nitrogens with one attached hydrogen (secondary N) is 1. The van der Waals surface area contributed by atoms with Crippen molar-refractivity contribution in [2.24, 2.45) is 0 Å². The smallest absolute Gasteiger partial charge is 0.292 e. The number of carbonyl (C=O) groups excluding carboxylic acids is 1. The maximum absolute atomic E-state index is 12.0. The van der Waals surface area contributed by atoms with Crippen LogP contribution in [0.1, 0.15) is 53.9 Å². The predicted molar refractivity (Wildman–Crippen MR) is 88.0 cm³/mol. The Bertz CT molecular complexity index is 758. The molecule has 1 aliphatic heterocycles. The van der Waals surface area contributed by atoms with Gasteiger partial charge in [0.05, 0.1) is 18.8 Å². The number of hydrogen-bond donors (Lipinski definition) is 1. The molecule has 1 atom stereocenters. The van der Waals surface area contributed by atoms with Crippen LogP contribution < -0.4 is 10.1 Å². The van der Waals surface area contributed by atoms with Crippen LogP contribution in [0.3, 0.4) is 0 Å². The number of likely N-dealkylation sites (tertiary alicyclic amines) is 1. The second-order valence-electron chi connectivity index (χ2n) is 6.52. The zero-order chi connectivity index (χ0) is 17.2. The molecule has 1 aliphatic carbocycles. The van der Waals surface area contributed by atoms with Crippen LogP contribution in [0, 0.1) is 0 Å². The topological polar surface area (TPSA) is 93.4 Å². The molecule has 8 nitrogen and oxygen atoms in total. The third-order valence-electron chi connectivity index (χ3n) is 4.59. The minimum atomic E-state index is -0.253. The van der Waals surface area contributed by atoms with Crippen LogP contribution in [0.2, 0.25) is 0 Å². The Kier molecular flexibility index (Phi) is 4.35. The molecule has 3 heterocycles. The van der Waals surface area contributed by atoms with Crippen LogP contribution in [-0.4, -0.2) is 45.6 Å². The van der Waals surface area contributed by atoms with E-state index in [9.17, 15) is 4.79 Å². The fraction of sp³-hybridized carbons (Fsp3) is 0.529. The lowest BCUT2D eigenvalue weighted by Crippen LogP contribution is -2.27. The van der Waals surface area contributed by atoms with Gasteiger partial charge in [-0.15, -0.1) is 0 Å². The summed E-state index contributed by atoms with van der Waals surface area (Å²) in [6.45, 7) is 1.60. The Hall–Kier alpha value is -2.48. The molecule has 132 valence electrons. The molecular formula is C17H21N5O3. The lowest BCUT2D eigenvalue weighted by Gasteiger charge is -2.21. The summed E-state index contributed by atoms with van der Waals surface area (Å²) < 4.78 is 10.6. The number of aromatic nitrogens is 3. The summed E-state index contributed by atoms with van der Waals surface area (Å²) >= 11 is 0. The third-order valence-corrected chi connectivity index (χ3v) is 4.59. The van der Waals surface area contributed by atoms with Gasteiger partial charge in [-0.2, -0.15) is 4.98 Å². The van der Waals surface area contributed by atoms with Crippen molar-refractivity contribution in [3.63, 3.8) is 0 Å². The minimum Gasteiger partial charge on any atom is -0.497 e. The average Bonchev–Trinajstić information content (AvgIpc) is 3.11. The van der Waals surface area contributed by atoms with Crippen LogP contribution in [0.4, 0.5) is 0 Å². The highest BCUT2D eigenvalue weighted by Gasteiger charge is 2.32. The molecule has 2 aromatic rings. The molecule has 0 spiro atoms. The van der Waals surface area contributed by atoms with Gasteiger partial charge in [0.25, 0.3) is 11.7 Å². The van der Waals surface area contributed by atoms with Crippen LogP contribution in [0.25, 0.3) is 0 Å². The van der Waals surface area contributed by atoms with Crippen molar-refractivity contribution in [2.45, 2.75) is 44.3 Å². The number of ether oxygens (including phenoxy) is 1. The van der Waals surface area contributed by atoms with Gasteiger partial charge in [-0.3, -0.25) is 14.7 Å². The first-order chi connectivity index (χ1) is 12.2. The van der Waals surface area contributed by atoms with Gasteiger partial charge in [0, 0.05) is 24.8 Å². The molecule has 0 aromatic carbocycles. The van der Waals surface area contributed by atoms with Crippen molar-refractivity contribution in [1.82, 2.24) is 25.3 Å². The van der Waals surface area contributed by atoms with Gasteiger partial charge in [-0.25, -0.2) is 0 Å². The fourth-order valence-electron chi connectivity index (χ4n) is 3.11. The summed E-state index contributed by atoms with van der Waals surface area (Å²) in [5.74, 6) is 1.16. The highest BCUT2D eigenvalue weighted by atomic mass is 16.5. The first kappa shape index (κ1) is 16.0. The molecule has 2 fully saturated rings. The molecule has 1 saturated carbocycles. The second kappa shape index (κ2) is 6.79. The maximum atomic E-state index is 12.0. The third kappa shape index (κ3) is 3.63. The molecule has 1 amide bonds. The van der Waals surface area contributed by atoms with Gasteiger partial charge in [-0.05, 0) is 38.3 Å². The standard InChI is InChI=1S/C17H21N5O3/c1-24-13-6-7-18-12(9-13)10-22-8-2-3-14(22)17-20-15(21-25-17)16(23)19-11-4-5-11/h6-7,9,11,14H,2-5,8,10H2,1H3,(H,19,23). The van der Waals surface area contributed by atoms with Crippen molar-refractivity contribution < 1.29 is 14.1 Å². The van der Waals surface area contributed by atoms with E-state index in [-0.39, 0.29) is 23.8 Å². The van der Waals surface area contributed by atoms with E-state index in [1.54, 1.807) is 13.3 Å². The van der Waals surface area contributed by atoms with Crippen LogP contribution in [0.15, 0.2) is 22.9 Å². The Labute approximate surface area is 145 Å². The summed E-state index contributed by atoms with van der Waals surface area (Å²) in [6.07, 6.45) is 5.77. The Morgan fingerprint density at radius 3 is 3.12 bits per heavy atom. The number of amides is 1. The highest BCUT2D eigenvalue weighted by Crippen LogP contribution is 2.32. The number of methoxy groups -OCH3 is 1. The first-order valence-electron chi connectivity index (χ1n) is 8.60. The average molecular weight is 343 g/mol. The van der Waals surface area contributed by atoms with E-state index in [0.717, 1.165) is 43.7 Å². The molecule has 25 heavy (non-hydrogen) atoms. The Balaban J connectivity index is 1.45. The maximum Gasteiger partial charge on any atom is 0.292 e. The van der Waals surface area contributed by atoms with Gasteiger partial charge in [0.15, 0.2) is 0 Å². The molecule has 0 bridgehead atoms. The summed E-state index contributed by atoms with van der Waals surface area (Å²) in [6, 6.07) is 4.05. The summed E-state index contributed by atoms with van der Waals surface area (Å²) in [7, 11) is 1.64. The van der Waals surface area contributed by atoms with Gasteiger partial charge in [-0.1, -0.05) is 5.16 Å². The minimum absolute atomic E-state index is 0.0166. The van der Waals surface area contributed by atoms with E-state index in [1.807, 2.05) is 12.1 Å². The van der Waals surface area contributed by atoms with Gasteiger partial charge >= 0.3 is 0 Å². The molecule has 2 aromatic heterocycles. The lowest BCUT2D eigenvalue weighted by atomic mass is 10.2. The first-order valence-corrected chi connectivity index (χ1v) is 8.60. The normalized spacial score (nSPS) is 20.6. The van der Waals surface area contributed by atoms with Gasteiger partial charge in [0.1, 0.15) is 5.75 Å². The highest BCUT2D eigenvalue weighted by molar-refractivity contribution is 5.90. The lowest BCUT2D eigenvalue weighted by molar-refractivity contribution is 0.0937. The number of rotatable bonds is 6. The largest absolute Gasteiger partial charge is 0.497 e. The second-order valence-corrected chi connectivity index (χ2v) is 6.52. The predicted octanol–water partition coefficient (Wildman–Crippen LogP) is 1.70. The quantitative estimate of drug-likeness (QED) is 0.853. The molecule has 2 aliphatic rings. The van der Waals surface area contributed by atoms with Crippen molar-refractivity contribution >= 4 is 5.91 Å². The van der Waals surface area contributed by atoms with Crippen molar-refractivity contribution in [3.8, 4) is 5.75 Å². The molecule has 4 rings (SSSR count). The fourth-order valence-corrected chi connectivity index (χ4v) is 3.11. The SMILES string of the molecule is COc1ccnc(CN2CCCC2c2nc(C(=O)NC3CC3)no2)c1. The number of hydrogen-bond acceptors (Lipinski definition) is 7. The Morgan fingerprint density at radius 2 is 2.32 bits per heavy atom. The van der Waals surface area contributed by atoms with E-state index >= 15 is 0 Å². The van der Waals surface area contributed by atoms with Gasteiger partial charge < -0.3 is 14.6 Å². The van der Waals surface area contributed by atoms with Gasteiger partial charge in [0.2, 0.25) is 5.89 Å². The van der Waals surface area contributed by atoms with Crippen molar-refractivity contribution in [3.05, 3.63) is 35.7 Å². The van der Waals surface area contributed by atoms with Crippen LogP contribution in [-0.2, 0) is 6.54 Å². The Morgan fingerprint density at radius 1 is 1.44 bits per heavy atom. The molecule has 1 saturated heterocycles. The zero-order valence-electron chi connectivity index (χ0n) is 14.1. The van der Waals surface area contributed by atoms with Crippen molar-refractivity contribution in [2.75, 3.05) is 13.7 Å². The van der Waals surface area contributed by atoms with E-state index in [2.05, 4.69) is 25.3 Å². The van der Waals surface area contributed by atoms with E-state index in [4.69, 9.17) is 9.26 Å². The summed E-state index contributed by atoms with van der Waals surface area (Å²) in [5.41, 5.74) is 0.928. The van der Waals surface area contributed by atoms with Crippen molar-refractivity contribution in [1.29, 1.82) is 0 Å². The molecule has 0 radical (unpaired) electrons. The number of pyridine rings is 1. The number of nitrogens with zero attached hydrogens (tertiary/aromatic N) is 4. The molecule has 1 N–H and O–H groups in total. The van der Waals surface area contributed by atoms with E-state index < -0.39 is 0 Å². The van der Waals surface area contributed by atoms with E-state index in [1.165, 1.54) is 0 Å². The summed E-state index contributed by atoms with van der Waals surface area (Å²) in [4.78, 5) is 23.0. The van der Waals surface area contributed by atoms with Crippen LogP contribution >= 0.6 is 0 Å². The number of carbonyl (C=O) groups is 1.